The van der Waals surface area contributed by atoms with Gasteiger partial charge in [-0.2, -0.15) is 0 Å². The summed E-state index contributed by atoms with van der Waals surface area (Å²) in [7, 11) is 0. The number of aliphatic hydroxyl groups is 1. The van der Waals surface area contributed by atoms with E-state index in [9.17, 15) is 5.11 Å². The molecule has 1 saturated heterocycles. The fraction of sp³-hybridized carbons (Fsp3) is 0.375. The highest BCUT2D eigenvalue weighted by molar-refractivity contribution is 5.14. The molecule has 2 aromatic heterocycles. The largest absolute Gasteiger partial charge is 0.391 e. The molecule has 0 bridgehead atoms. The third-order valence-electron chi connectivity index (χ3n) is 3.93. The molecule has 0 aromatic carbocycles. The van der Waals surface area contributed by atoms with Gasteiger partial charge in [0, 0.05) is 43.9 Å². The van der Waals surface area contributed by atoms with Gasteiger partial charge in [0.25, 0.3) is 0 Å². The van der Waals surface area contributed by atoms with Gasteiger partial charge in [-0.3, -0.25) is 14.9 Å². The van der Waals surface area contributed by atoms with Crippen molar-refractivity contribution < 1.29 is 5.11 Å². The summed E-state index contributed by atoms with van der Waals surface area (Å²) in [5.74, 6) is 0. The van der Waals surface area contributed by atoms with Crippen molar-refractivity contribution in [3.63, 3.8) is 0 Å². The first kappa shape index (κ1) is 13.2. The number of pyridine rings is 2. The zero-order valence-corrected chi connectivity index (χ0v) is 11.4. The minimum Gasteiger partial charge on any atom is -0.391 e. The second-order valence-corrected chi connectivity index (χ2v) is 5.31. The van der Waals surface area contributed by atoms with Gasteiger partial charge in [-0.05, 0) is 42.2 Å². The van der Waals surface area contributed by atoms with E-state index >= 15 is 0 Å². The lowest BCUT2D eigenvalue weighted by Crippen LogP contribution is -2.36. The molecule has 2 atom stereocenters. The van der Waals surface area contributed by atoms with Crippen molar-refractivity contribution in [3.8, 4) is 0 Å². The Bertz CT molecular complexity index is 532. The lowest BCUT2D eigenvalue weighted by atomic mass is 10.0. The van der Waals surface area contributed by atoms with Gasteiger partial charge in [-0.15, -0.1) is 0 Å². The Morgan fingerprint density at radius 2 is 1.95 bits per heavy atom. The number of hydrogen-bond acceptors (Lipinski definition) is 4. The quantitative estimate of drug-likeness (QED) is 0.917. The second kappa shape index (κ2) is 6.11. The van der Waals surface area contributed by atoms with Crippen LogP contribution in [0.25, 0.3) is 0 Å². The van der Waals surface area contributed by atoms with Crippen LogP contribution in [0.5, 0.6) is 0 Å². The number of aromatic nitrogens is 2. The molecule has 3 rings (SSSR count). The molecule has 4 nitrogen and oxygen atoms in total. The summed E-state index contributed by atoms with van der Waals surface area (Å²) in [5, 5.41) is 10.2. The summed E-state index contributed by atoms with van der Waals surface area (Å²) in [4.78, 5) is 10.6. The molecular weight excluding hydrogens is 250 g/mol. The highest BCUT2D eigenvalue weighted by Crippen LogP contribution is 2.23. The van der Waals surface area contributed by atoms with Crippen molar-refractivity contribution >= 4 is 0 Å². The van der Waals surface area contributed by atoms with E-state index in [-0.39, 0.29) is 12.1 Å². The fourth-order valence-electron chi connectivity index (χ4n) is 2.84. The smallest absolute Gasteiger partial charge is 0.0710 e. The van der Waals surface area contributed by atoms with Gasteiger partial charge in [0.05, 0.1) is 6.10 Å². The number of likely N-dealkylation sites (tertiary alicyclic amines) is 1. The molecular formula is C16H19N3O. The summed E-state index contributed by atoms with van der Waals surface area (Å²) in [6, 6.07) is 8.26. The first-order valence-electron chi connectivity index (χ1n) is 7.03. The molecule has 0 spiro atoms. The van der Waals surface area contributed by atoms with Crippen LogP contribution in [0.15, 0.2) is 49.1 Å². The van der Waals surface area contributed by atoms with Crippen LogP contribution in [-0.4, -0.2) is 38.7 Å². The van der Waals surface area contributed by atoms with Crippen molar-refractivity contribution in [1.82, 2.24) is 14.9 Å². The molecule has 0 saturated carbocycles. The zero-order valence-electron chi connectivity index (χ0n) is 11.4. The Morgan fingerprint density at radius 3 is 2.70 bits per heavy atom. The SMILES string of the molecule is O[C@@H]1CCN(Cc2ccncc2)[C@H]1Cc1cccnc1. The van der Waals surface area contributed by atoms with Gasteiger partial charge in [0.1, 0.15) is 0 Å². The van der Waals surface area contributed by atoms with Crippen LogP contribution in [0.4, 0.5) is 0 Å². The van der Waals surface area contributed by atoms with E-state index in [1.165, 1.54) is 11.1 Å². The molecule has 0 unspecified atom stereocenters. The van der Waals surface area contributed by atoms with Crippen LogP contribution in [0.3, 0.4) is 0 Å². The summed E-state index contributed by atoms with van der Waals surface area (Å²) < 4.78 is 0. The van der Waals surface area contributed by atoms with Crippen molar-refractivity contribution in [3.05, 3.63) is 60.2 Å². The maximum absolute atomic E-state index is 10.2. The second-order valence-electron chi connectivity index (χ2n) is 5.31. The maximum atomic E-state index is 10.2. The van der Waals surface area contributed by atoms with Gasteiger partial charge in [-0.1, -0.05) is 6.07 Å². The summed E-state index contributed by atoms with van der Waals surface area (Å²) >= 11 is 0. The zero-order chi connectivity index (χ0) is 13.8. The van der Waals surface area contributed by atoms with E-state index < -0.39 is 0 Å². The Balaban J connectivity index is 1.70. The molecule has 1 aliphatic heterocycles. The fourth-order valence-corrected chi connectivity index (χ4v) is 2.84. The molecule has 0 aliphatic carbocycles. The lowest BCUT2D eigenvalue weighted by molar-refractivity contribution is 0.112. The molecule has 0 radical (unpaired) electrons. The first-order chi connectivity index (χ1) is 9.83. The molecule has 1 fully saturated rings. The summed E-state index contributed by atoms with van der Waals surface area (Å²) in [5.41, 5.74) is 2.42. The molecule has 3 heterocycles. The third-order valence-corrected chi connectivity index (χ3v) is 3.93. The minimum atomic E-state index is -0.253. The molecule has 104 valence electrons. The Hall–Kier alpha value is -1.78. The predicted octanol–water partition coefficient (Wildman–Crippen LogP) is 1.65. The molecule has 2 aromatic rings. The van der Waals surface area contributed by atoms with E-state index in [1.54, 1.807) is 6.20 Å². The Kier molecular flexibility index (Phi) is 4.04. The van der Waals surface area contributed by atoms with Crippen molar-refractivity contribution in [2.75, 3.05) is 6.54 Å². The minimum absolute atomic E-state index is 0.173. The summed E-state index contributed by atoms with van der Waals surface area (Å²) in [6.07, 6.45) is 8.74. The third kappa shape index (κ3) is 3.03. The van der Waals surface area contributed by atoms with Gasteiger partial charge in [0.15, 0.2) is 0 Å². The van der Waals surface area contributed by atoms with Crippen molar-refractivity contribution in [1.29, 1.82) is 0 Å². The van der Waals surface area contributed by atoms with Gasteiger partial charge in [-0.25, -0.2) is 0 Å². The Labute approximate surface area is 119 Å². The molecule has 20 heavy (non-hydrogen) atoms. The first-order valence-corrected chi connectivity index (χ1v) is 7.03. The summed E-state index contributed by atoms with van der Waals surface area (Å²) in [6.45, 7) is 1.80. The monoisotopic (exact) mass is 269 g/mol. The van der Waals surface area contributed by atoms with Crippen LogP contribution in [0.1, 0.15) is 17.5 Å². The predicted molar refractivity (Wildman–Crippen MR) is 77.0 cm³/mol. The van der Waals surface area contributed by atoms with E-state index in [2.05, 4.69) is 20.9 Å². The van der Waals surface area contributed by atoms with Crippen molar-refractivity contribution in [2.45, 2.75) is 31.5 Å². The number of hydrogen-bond donors (Lipinski definition) is 1. The number of nitrogens with zero attached hydrogens (tertiary/aromatic N) is 3. The van der Waals surface area contributed by atoms with Crippen LogP contribution < -0.4 is 0 Å². The van der Waals surface area contributed by atoms with Crippen LogP contribution in [0, 0.1) is 0 Å². The van der Waals surface area contributed by atoms with Gasteiger partial charge < -0.3 is 5.11 Å². The van der Waals surface area contributed by atoms with Crippen LogP contribution in [0.2, 0.25) is 0 Å². The number of rotatable bonds is 4. The van der Waals surface area contributed by atoms with Crippen LogP contribution in [-0.2, 0) is 13.0 Å². The topological polar surface area (TPSA) is 49.2 Å². The molecule has 1 N–H and O–H groups in total. The number of aliphatic hydroxyl groups excluding tert-OH is 1. The maximum Gasteiger partial charge on any atom is 0.0710 e. The van der Waals surface area contributed by atoms with Crippen LogP contribution >= 0.6 is 0 Å². The van der Waals surface area contributed by atoms with E-state index in [0.717, 1.165) is 25.9 Å². The highest BCUT2D eigenvalue weighted by atomic mass is 16.3. The lowest BCUT2D eigenvalue weighted by Gasteiger charge is -2.26. The van der Waals surface area contributed by atoms with E-state index in [0.29, 0.717) is 0 Å². The van der Waals surface area contributed by atoms with E-state index in [1.807, 2.05) is 36.8 Å². The highest BCUT2D eigenvalue weighted by Gasteiger charge is 2.32. The Morgan fingerprint density at radius 1 is 1.10 bits per heavy atom. The average molecular weight is 269 g/mol. The average Bonchev–Trinajstić information content (AvgIpc) is 2.83. The molecule has 0 amide bonds. The van der Waals surface area contributed by atoms with Crippen molar-refractivity contribution in [2.24, 2.45) is 0 Å². The standard InChI is InChI=1S/C16H19N3O/c20-16-5-9-19(12-13-3-7-17-8-4-13)15(16)10-14-2-1-6-18-11-14/h1-4,6-8,11,15-16,20H,5,9-10,12H2/t15-,16+/m0/s1. The molecule has 1 aliphatic rings. The normalized spacial score (nSPS) is 23.1. The van der Waals surface area contributed by atoms with Gasteiger partial charge in [0.2, 0.25) is 0 Å². The van der Waals surface area contributed by atoms with Gasteiger partial charge >= 0.3 is 0 Å². The van der Waals surface area contributed by atoms with E-state index in [4.69, 9.17) is 0 Å². The molecule has 4 heteroatoms.